The molecule has 3 rings (SSSR count). The first-order valence-corrected chi connectivity index (χ1v) is 6.71. The highest BCUT2D eigenvalue weighted by Gasteiger charge is 2.15. The monoisotopic (exact) mass is 318 g/mol. The molecule has 3 aromatic heterocycles. The first kappa shape index (κ1) is 14.7. The molecule has 0 bridgehead atoms. The number of H-pyrrole nitrogens is 1. The summed E-state index contributed by atoms with van der Waals surface area (Å²) in [7, 11) is 2.90. The second kappa shape index (κ2) is 5.51. The average molecular weight is 318 g/mol. The quantitative estimate of drug-likeness (QED) is 0.564. The molecule has 3 heterocycles. The summed E-state index contributed by atoms with van der Waals surface area (Å²) in [5.41, 5.74) is -0.531. The number of fused-ring (bicyclic) bond motifs is 1. The van der Waals surface area contributed by atoms with Crippen molar-refractivity contribution in [2.45, 2.75) is 13.1 Å². The summed E-state index contributed by atoms with van der Waals surface area (Å²) in [6, 6.07) is 0. The largest absolute Gasteiger partial charge is 0.347 e. The van der Waals surface area contributed by atoms with E-state index in [0.717, 1.165) is 4.57 Å². The second-order valence-corrected chi connectivity index (χ2v) is 4.96. The first-order chi connectivity index (χ1) is 11.0. The molecule has 0 saturated carbocycles. The smallest absolute Gasteiger partial charge is 0.332 e. The molecule has 0 aliphatic carbocycles. The Hall–Kier alpha value is -3.24. The molecule has 0 aliphatic rings. The van der Waals surface area contributed by atoms with Crippen LogP contribution in [0.3, 0.4) is 0 Å². The Morgan fingerprint density at radius 2 is 2.09 bits per heavy atom. The Labute approximate surface area is 128 Å². The van der Waals surface area contributed by atoms with Gasteiger partial charge in [-0.3, -0.25) is 18.7 Å². The standard InChI is InChI=1S/C12H14N8O3/c1-18-10-9(11(22)19(2)12(18)23)20(6-15-10)4-8(21)13-3-7-14-5-16-17-7/h5-6H,3-4H2,1-2H3,(H,13,21)(H,14,16,17). The number of nitrogens with one attached hydrogen (secondary N) is 2. The third-order valence-corrected chi connectivity index (χ3v) is 3.45. The topological polar surface area (TPSA) is 132 Å². The highest BCUT2D eigenvalue weighted by molar-refractivity contribution is 5.78. The summed E-state index contributed by atoms with van der Waals surface area (Å²) in [6.07, 6.45) is 2.77. The van der Waals surface area contributed by atoms with Gasteiger partial charge < -0.3 is 14.9 Å². The summed E-state index contributed by atoms with van der Waals surface area (Å²) in [6.45, 7) is 0.0973. The van der Waals surface area contributed by atoms with Gasteiger partial charge in [-0.15, -0.1) is 10.2 Å². The zero-order valence-electron chi connectivity index (χ0n) is 12.5. The highest BCUT2D eigenvalue weighted by Crippen LogP contribution is 2.05. The van der Waals surface area contributed by atoms with Crippen molar-refractivity contribution in [3.05, 3.63) is 39.3 Å². The normalized spacial score (nSPS) is 11.0. The minimum absolute atomic E-state index is 0.0991. The number of carbonyl (C=O) groups is 1. The molecule has 0 saturated heterocycles. The molecule has 11 heteroatoms. The number of aromatic nitrogens is 7. The maximum absolute atomic E-state index is 12.2. The van der Waals surface area contributed by atoms with E-state index in [0.29, 0.717) is 5.82 Å². The number of amides is 1. The molecule has 0 aromatic carbocycles. The zero-order chi connectivity index (χ0) is 16.6. The number of rotatable bonds is 4. The first-order valence-electron chi connectivity index (χ1n) is 6.71. The Morgan fingerprint density at radius 3 is 2.78 bits per heavy atom. The number of aromatic amines is 1. The Bertz CT molecular complexity index is 978. The molecule has 0 unspecified atom stereocenters. The molecule has 0 radical (unpaired) electrons. The molecule has 0 spiro atoms. The Balaban J connectivity index is 1.88. The fourth-order valence-electron chi connectivity index (χ4n) is 2.23. The third-order valence-electron chi connectivity index (χ3n) is 3.45. The summed E-state index contributed by atoms with van der Waals surface area (Å²) >= 11 is 0. The van der Waals surface area contributed by atoms with Crippen molar-refractivity contribution in [3.8, 4) is 0 Å². The van der Waals surface area contributed by atoms with Crippen molar-refractivity contribution in [2.24, 2.45) is 14.1 Å². The molecule has 3 aromatic rings. The molecule has 120 valence electrons. The van der Waals surface area contributed by atoms with Gasteiger partial charge in [0.15, 0.2) is 11.2 Å². The van der Waals surface area contributed by atoms with Crippen LogP contribution in [0.2, 0.25) is 0 Å². The molecule has 11 nitrogen and oxygen atoms in total. The van der Waals surface area contributed by atoms with Crippen LogP contribution in [-0.4, -0.2) is 39.8 Å². The van der Waals surface area contributed by atoms with Crippen molar-refractivity contribution in [1.29, 1.82) is 0 Å². The fraction of sp³-hybridized carbons (Fsp3) is 0.333. The highest BCUT2D eigenvalue weighted by atomic mass is 16.2. The van der Waals surface area contributed by atoms with Crippen LogP contribution < -0.4 is 16.6 Å². The molecule has 23 heavy (non-hydrogen) atoms. The summed E-state index contributed by atoms with van der Waals surface area (Å²) < 4.78 is 3.65. The lowest BCUT2D eigenvalue weighted by atomic mass is 10.4. The van der Waals surface area contributed by atoms with Crippen LogP contribution in [0, 0.1) is 0 Å². The van der Waals surface area contributed by atoms with Crippen molar-refractivity contribution < 1.29 is 4.79 Å². The van der Waals surface area contributed by atoms with E-state index < -0.39 is 11.2 Å². The predicted octanol–water partition coefficient (Wildman–Crippen LogP) is -2.13. The van der Waals surface area contributed by atoms with Crippen LogP contribution in [0.4, 0.5) is 0 Å². The van der Waals surface area contributed by atoms with Crippen LogP contribution in [0.25, 0.3) is 11.2 Å². The second-order valence-electron chi connectivity index (χ2n) is 4.96. The Morgan fingerprint density at radius 1 is 1.30 bits per heavy atom. The summed E-state index contributed by atoms with van der Waals surface area (Å²) in [5.74, 6) is 0.198. The van der Waals surface area contributed by atoms with E-state index in [4.69, 9.17) is 0 Å². The van der Waals surface area contributed by atoms with Crippen molar-refractivity contribution in [3.63, 3.8) is 0 Å². The van der Waals surface area contributed by atoms with Crippen molar-refractivity contribution in [2.75, 3.05) is 0 Å². The van der Waals surface area contributed by atoms with Crippen molar-refractivity contribution in [1.82, 2.24) is 39.2 Å². The maximum atomic E-state index is 12.2. The van der Waals surface area contributed by atoms with E-state index in [1.807, 2.05) is 0 Å². The van der Waals surface area contributed by atoms with Gasteiger partial charge in [-0.1, -0.05) is 0 Å². The van der Waals surface area contributed by atoms with E-state index in [1.54, 1.807) is 0 Å². The lowest BCUT2D eigenvalue weighted by molar-refractivity contribution is -0.121. The van der Waals surface area contributed by atoms with E-state index in [1.165, 1.54) is 35.9 Å². The van der Waals surface area contributed by atoms with Gasteiger partial charge in [0.2, 0.25) is 5.91 Å². The van der Waals surface area contributed by atoms with E-state index >= 15 is 0 Å². The summed E-state index contributed by atoms with van der Waals surface area (Å²) in [4.78, 5) is 42.9. The van der Waals surface area contributed by atoms with Gasteiger partial charge in [-0.2, -0.15) is 0 Å². The number of aryl methyl sites for hydroxylation is 1. The Kier molecular flexibility index (Phi) is 3.52. The van der Waals surface area contributed by atoms with Gasteiger partial charge >= 0.3 is 5.69 Å². The van der Waals surface area contributed by atoms with Gasteiger partial charge in [-0.05, 0) is 0 Å². The fourth-order valence-corrected chi connectivity index (χ4v) is 2.23. The van der Waals surface area contributed by atoms with Crippen LogP contribution in [0.5, 0.6) is 0 Å². The van der Waals surface area contributed by atoms with E-state index in [2.05, 4.69) is 25.5 Å². The number of nitrogens with zero attached hydrogens (tertiary/aromatic N) is 6. The third kappa shape index (κ3) is 2.52. The molecular formula is C12H14N8O3. The van der Waals surface area contributed by atoms with Gasteiger partial charge in [0.05, 0.1) is 12.9 Å². The van der Waals surface area contributed by atoms with E-state index in [9.17, 15) is 14.4 Å². The number of hydrogen-bond acceptors (Lipinski definition) is 6. The molecule has 1 amide bonds. The number of hydrogen-bond donors (Lipinski definition) is 2. The molecule has 2 N–H and O–H groups in total. The van der Waals surface area contributed by atoms with E-state index in [-0.39, 0.29) is 30.2 Å². The van der Waals surface area contributed by atoms with Crippen LogP contribution in [0.15, 0.2) is 22.2 Å². The van der Waals surface area contributed by atoms with Gasteiger partial charge in [0, 0.05) is 14.1 Å². The zero-order valence-corrected chi connectivity index (χ0v) is 12.5. The van der Waals surface area contributed by atoms with Gasteiger partial charge in [0.25, 0.3) is 5.56 Å². The lowest BCUT2D eigenvalue weighted by Gasteiger charge is -2.07. The van der Waals surface area contributed by atoms with Crippen LogP contribution in [0.1, 0.15) is 5.82 Å². The molecule has 0 aliphatic heterocycles. The van der Waals surface area contributed by atoms with Crippen LogP contribution in [-0.2, 0) is 32.0 Å². The average Bonchev–Trinajstić information content (AvgIpc) is 3.18. The molecule has 0 atom stereocenters. The minimum atomic E-state index is -0.497. The SMILES string of the molecule is Cn1c(=O)c2c(ncn2CC(=O)NCc2nnc[nH]2)n(C)c1=O. The number of carbonyl (C=O) groups excluding carboxylic acids is 1. The van der Waals surface area contributed by atoms with Crippen LogP contribution >= 0.6 is 0 Å². The van der Waals surface area contributed by atoms with Gasteiger partial charge in [0.1, 0.15) is 18.7 Å². The predicted molar refractivity (Wildman–Crippen MR) is 78.4 cm³/mol. The van der Waals surface area contributed by atoms with Gasteiger partial charge in [-0.25, -0.2) is 9.78 Å². The maximum Gasteiger partial charge on any atom is 0.332 e. The summed E-state index contributed by atoms with van der Waals surface area (Å²) in [5, 5.41) is 10.0. The molecule has 0 fully saturated rings. The lowest BCUT2D eigenvalue weighted by Crippen LogP contribution is -2.38. The van der Waals surface area contributed by atoms with Crippen molar-refractivity contribution >= 4 is 17.1 Å². The number of imidazole rings is 1. The minimum Gasteiger partial charge on any atom is -0.347 e. The molecular weight excluding hydrogens is 304 g/mol.